The number of ether oxygens (including phenoxy) is 1. The number of nitrogens with zero attached hydrogens (tertiary/aromatic N) is 2. The molecule has 2 heterocycles. The lowest BCUT2D eigenvalue weighted by Gasteiger charge is -2.21. The van der Waals surface area contributed by atoms with E-state index in [9.17, 15) is 4.39 Å². The smallest absolute Gasteiger partial charge is 0.123 e. The maximum Gasteiger partial charge on any atom is 0.123 e. The van der Waals surface area contributed by atoms with Crippen molar-refractivity contribution in [2.45, 2.75) is 25.3 Å². The summed E-state index contributed by atoms with van der Waals surface area (Å²) >= 11 is 0. The van der Waals surface area contributed by atoms with E-state index >= 15 is 0 Å². The number of nitrogens with two attached hydrogens (primary N) is 1. The Morgan fingerprint density at radius 2 is 2.14 bits per heavy atom. The van der Waals surface area contributed by atoms with E-state index in [4.69, 9.17) is 10.5 Å². The van der Waals surface area contributed by atoms with Crippen molar-refractivity contribution in [2.24, 2.45) is 5.73 Å². The SMILES string of the molecule is NCCn1cc(-c2cccc(F)c2)c(C2CCOCC2)n1. The highest BCUT2D eigenvalue weighted by Gasteiger charge is 2.23. The van der Waals surface area contributed by atoms with Crippen LogP contribution in [0.2, 0.25) is 0 Å². The molecule has 2 N–H and O–H groups in total. The predicted molar refractivity (Wildman–Crippen MR) is 79.5 cm³/mol. The molecule has 0 amide bonds. The third kappa shape index (κ3) is 3.14. The second-order valence-corrected chi connectivity index (χ2v) is 5.38. The van der Waals surface area contributed by atoms with Gasteiger partial charge >= 0.3 is 0 Å². The van der Waals surface area contributed by atoms with Crippen molar-refractivity contribution in [3.8, 4) is 11.1 Å². The summed E-state index contributed by atoms with van der Waals surface area (Å²) in [6.45, 7) is 2.73. The van der Waals surface area contributed by atoms with Crippen molar-refractivity contribution >= 4 is 0 Å². The van der Waals surface area contributed by atoms with Crippen molar-refractivity contribution in [2.75, 3.05) is 19.8 Å². The molecule has 5 heteroatoms. The fourth-order valence-electron chi connectivity index (χ4n) is 2.83. The fraction of sp³-hybridized carbons (Fsp3) is 0.438. The summed E-state index contributed by atoms with van der Waals surface area (Å²) in [6.07, 6.45) is 3.90. The van der Waals surface area contributed by atoms with Gasteiger partial charge < -0.3 is 10.5 Å². The Kier molecular flexibility index (Phi) is 4.31. The largest absolute Gasteiger partial charge is 0.381 e. The van der Waals surface area contributed by atoms with E-state index in [-0.39, 0.29) is 5.82 Å². The predicted octanol–water partition coefficient (Wildman–Crippen LogP) is 2.54. The highest BCUT2D eigenvalue weighted by molar-refractivity contribution is 5.66. The van der Waals surface area contributed by atoms with Gasteiger partial charge in [0.25, 0.3) is 0 Å². The number of rotatable bonds is 4. The van der Waals surface area contributed by atoms with Gasteiger partial charge in [0.1, 0.15) is 5.82 Å². The molecule has 0 spiro atoms. The minimum absolute atomic E-state index is 0.225. The van der Waals surface area contributed by atoms with Crippen LogP contribution in [0.15, 0.2) is 30.5 Å². The van der Waals surface area contributed by atoms with Gasteiger partial charge in [0.2, 0.25) is 0 Å². The summed E-state index contributed by atoms with van der Waals surface area (Å²) in [7, 11) is 0. The van der Waals surface area contributed by atoms with Crippen molar-refractivity contribution in [1.29, 1.82) is 0 Å². The van der Waals surface area contributed by atoms with Crippen LogP contribution in [0.5, 0.6) is 0 Å². The zero-order chi connectivity index (χ0) is 14.7. The van der Waals surface area contributed by atoms with Crippen LogP contribution in [0.3, 0.4) is 0 Å². The molecule has 3 rings (SSSR count). The first kappa shape index (κ1) is 14.2. The highest BCUT2D eigenvalue weighted by atomic mass is 19.1. The van der Waals surface area contributed by atoms with Crippen molar-refractivity contribution < 1.29 is 9.13 Å². The van der Waals surface area contributed by atoms with Crippen LogP contribution in [-0.4, -0.2) is 29.5 Å². The molecule has 2 aromatic rings. The molecule has 1 aliphatic rings. The molecule has 1 aromatic heterocycles. The molecule has 0 aliphatic carbocycles. The standard InChI is InChI=1S/C16H20FN3O/c17-14-3-1-2-13(10-14)15-11-20(7-6-18)19-16(15)12-4-8-21-9-5-12/h1-3,10-12H,4-9,18H2. The zero-order valence-corrected chi connectivity index (χ0v) is 12.0. The number of aromatic nitrogens is 2. The van der Waals surface area contributed by atoms with Gasteiger partial charge in [-0.05, 0) is 30.5 Å². The van der Waals surface area contributed by atoms with E-state index in [1.807, 2.05) is 16.9 Å². The van der Waals surface area contributed by atoms with Gasteiger partial charge in [-0.25, -0.2) is 4.39 Å². The lowest BCUT2D eigenvalue weighted by molar-refractivity contribution is 0.0844. The molecule has 0 radical (unpaired) electrons. The third-order valence-electron chi connectivity index (χ3n) is 3.89. The summed E-state index contributed by atoms with van der Waals surface area (Å²) in [5.41, 5.74) is 8.54. The van der Waals surface area contributed by atoms with Crippen molar-refractivity contribution in [1.82, 2.24) is 9.78 Å². The molecule has 21 heavy (non-hydrogen) atoms. The van der Waals surface area contributed by atoms with Gasteiger partial charge in [0, 0.05) is 37.4 Å². The number of hydrogen-bond donors (Lipinski definition) is 1. The first-order chi connectivity index (χ1) is 10.3. The summed E-state index contributed by atoms with van der Waals surface area (Å²) in [4.78, 5) is 0. The van der Waals surface area contributed by atoms with Crippen LogP contribution in [0, 0.1) is 5.82 Å². The van der Waals surface area contributed by atoms with Crippen molar-refractivity contribution in [3.63, 3.8) is 0 Å². The first-order valence-electron chi connectivity index (χ1n) is 7.39. The first-order valence-corrected chi connectivity index (χ1v) is 7.39. The molecule has 1 aliphatic heterocycles. The van der Waals surface area contributed by atoms with Crippen LogP contribution in [-0.2, 0) is 11.3 Å². The number of halogens is 1. The topological polar surface area (TPSA) is 53.1 Å². The lowest BCUT2D eigenvalue weighted by atomic mass is 9.91. The molecule has 1 aromatic carbocycles. The molecular weight excluding hydrogens is 269 g/mol. The zero-order valence-electron chi connectivity index (χ0n) is 12.0. The van der Waals surface area contributed by atoms with E-state index in [1.54, 1.807) is 12.1 Å². The minimum Gasteiger partial charge on any atom is -0.381 e. The second-order valence-electron chi connectivity index (χ2n) is 5.38. The maximum absolute atomic E-state index is 13.5. The Labute approximate surface area is 123 Å². The molecule has 0 atom stereocenters. The summed E-state index contributed by atoms with van der Waals surface area (Å²) in [5.74, 6) is 0.146. The number of hydrogen-bond acceptors (Lipinski definition) is 3. The molecule has 4 nitrogen and oxygen atoms in total. The Morgan fingerprint density at radius 1 is 1.33 bits per heavy atom. The van der Waals surface area contributed by atoms with E-state index in [2.05, 4.69) is 5.10 Å². The molecule has 1 fully saturated rings. The Morgan fingerprint density at radius 3 is 2.86 bits per heavy atom. The van der Waals surface area contributed by atoms with Crippen LogP contribution in [0.1, 0.15) is 24.5 Å². The third-order valence-corrected chi connectivity index (χ3v) is 3.89. The van der Waals surface area contributed by atoms with Gasteiger partial charge in [-0.2, -0.15) is 5.10 Å². The van der Waals surface area contributed by atoms with E-state index in [0.29, 0.717) is 19.0 Å². The van der Waals surface area contributed by atoms with Gasteiger partial charge in [-0.3, -0.25) is 4.68 Å². The van der Waals surface area contributed by atoms with Gasteiger partial charge in [-0.15, -0.1) is 0 Å². The maximum atomic E-state index is 13.5. The molecular formula is C16H20FN3O. The minimum atomic E-state index is -0.225. The molecule has 0 unspecified atom stereocenters. The van der Waals surface area contributed by atoms with Crippen LogP contribution in [0.25, 0.3) is 11.1 Å². The average Bonchev–Trinajstić information content (AvgIpc) is 2.93. The molecule has 112 valence electrons. The summed E-state index contributed by atoms with van der Waals surface area (Å²) < 4.78 is 20.8. The highest BCUT2D eigenvalue weighted by Crippen LogP contribution is 2.34. The van der Waals surface area contributed by atoms with E-state index in [1.165, 1.54) is 6.07 Å². The van der Waals surface area contributed by atoms with E-state index in [0.717, 1.165) is 42.9 Å². The summed E-state index contributed by atoms with van der Waals surface area (Å²) in [6, 6.07) is 6.68. The lowest BCUT2D eigenvalue weighted by Crippen LogP contribution is -2.16. The van der Waals surface area contributed by atoms with Gasteiger partial charge in [0.05, 0.1) is 12.2 Å². The van der Waals surface area contributed by atoms with E-state index < -0.39 is 0 Å². The Bertz CT molecular complexity index is 605. The second kappa shape index (κ2) is 6.37. The summed E-state index contributed by atoms with van der Waals surface area (Å²) in [5, 5.41) is 4.69. The molecule has 0 saturated carbocycles. The Hall–Kier alpha value is -1.72. The average molecular weight is 289 g/mol. The Balaban J connectivity index is 2.00. The van der Waals surface area contributed by atoms with Crippen LogP contribution < -0.4 is 5.73 Å². The molecule has 0 bridgehead atoms. The monoisotopic (exact) mass is 289 g/mol. The van der Waals surface area contributed by atoms with Gasteiger partial charge in [0.15, 0.2) is 0 Å². The molecule has 1 saturated heterocycles. The number of benzene rings is 1. The normalized spacial score (nSPS) is 16.3. The van der Waals surface area contributed by atoms with Crippen LogP contribution >= 0.6 is 0 Å². The fourth-order valence-corrected chi connectivity index (χ4v) is 2.83. The van der Waals surface area contributed by atoms with Gasteiger partial charge in [-0.1, -0.05) is 12.1 Å². The van der Waals surface area contributed by atoms with Crippen LogP contribution in [0.4, 0.5) is 4.39 Å². The van der Waals surface area contributed by atoms with Crippen molar-refractivity contribution in [3.05, 3.63) is 42.0 Å². The quantitative estimate of drug-likeness (QED) is 0.941.